The van der Waals surface area contributed by atoms with Crippen LogP contribution in [-0.2, 0) is 23.8 Å². The average Bonchev–Trinajstić information content (AvgIpc) is 3.12. The topological polar surface area (TPSA) is 82.1 Å². The molecule has 2 fully saturated rings. The Morgan fingerprint density at radius 3 is 2.37 bits per heavy atom. The molecular formula is C24H36O6. The zero-order valence-electron chi connectivity index (χ0n) is 19.1. The Morgan fingerprint density at radius 2 is 1.77 bits per heavy atom. The van der Waals surface area contributed by atoms with Crippen molar-refractivity contribution in [3.05, 3.63) is 11.1 Å². The fourth-order valence-corrected chi connectivity index (χ4v) is 7.44. The molecule has 6 heteroatoms. The van der Waals surface area contributed by atoms with Crippen molar-refractivity contribution in [1.29, 1.82) is 0 Å². The number of carbonyl (C=O) groups excluding carboxylic acids is 2. The van der Waals surface area contributed by atoms with Crippen LogP contribution in [0.1, 0.15) is 67.2 Å². The molecule has 4 rings (SSSR count). The monoisotopic (exact) mass is 420 g/mol. The summed E-state index contributed by atoms with van der Waals surface area (Å²) in [7, 11) is 0. The highest BCUT2D eigenvalue weighted by molar-refractivity contribution is 5.67. The van der Waals surface area contributed by atoms with Crippen LogP contribution in [0.4, 0.5) is 0 Å². The molecule has 0 saturated heterocycles. The van der Waals surface area contributed by atoms with Gasteiger partial charge in [-0.05, 0) is 53.6 Å². The lowest BCUT2D eigenvalue weighted by Gasteiger charge is -2.40. The minimum atomic E-state index is -0.778. The summed E-state index contributed by atoms with van der Waals surface area (Å²) in [5.74, 6) is -0.457. The normalized spacial score (nSPS) is 45.1. The third-order valence-electron chi connectivity index (χ3n) is 8.50. The second kappa shape index (κ2) is 7.33. The number of rotatable bonds is 3. The van der Waals surface area contributed by atoms with E-state index in [1.54, 1.807) is 0 Å². The number of hydrogen-bond acceptors (Lipinski definition) is 6. The van der Waals surface area contributed by atoms with Gasteiger partial charge in [0.15, 0.2) is 0 Å². The Labute approximate surface area is 179 Å². The van der Waals surface area contributed by atoms with Gasteiger partial charge in [0.25, 0.3) is 0 Å². The van der Waals surface area contributed by atoms with Gasteiger partial charge in [-0.25, -0.2) is 0 Å². The molecule has 3 aliphatic carbocycles. The van der Waals surface area contributed by atoms with Crippen LogP contribution in [-0.4, -0.2) is 48.1 Å². The second-order valence-corrected chi connectivity index (χ2v) is 10.7. The van der Waals surface area contributed by atoms with E-state index in [1.165, 1.54) is 19.4 Å². The maximum atomic E-state index is 11.9. The van der Waals surface area contributed by atoms with Crippen molar-refractivity contribution >= 4 is 11.9 Å². The first-order valence-corrected chi connectivity index (χ1v) is 11.4. The summed E-state index contributed by atoms with van der Waals surface area (Å²) in [6, 6.07) is 0. The molecule has 6 nitrogen and oxygen atoms in total. The van der Waals surface area contributed by atoms with Gasteiger partial charge in [-0.3, -0.25) is 9.59 Å². The third-order valence-corrected chi connectivity index (χ3v) is 8.50. The number of aliphatic hydroxyl groups excluding tert-OH is 1. The van der Waals surface area contributed by atoms with E-state index in [4.69, 9.17) is 14.2 Å². The van der Waals surface area contributed by atoms with Crippen molar-refractivity contribution in [3.8, 4) is 0 Å². The first-order valence-electron chi connectivity index (χ1n) is 11.4. The first-order chi connectivity index (χ1) is 14.0. The van der Waals surface area contributed by atoms with E-state index in [0.717, 1.165) is 31.3 Å². The fraction of sp³-hybridized carbons (Fsp3) is 0.833. The van der Waals surface area contributed by atoms with Crippen molar-refractivity contribution in [1.82, 2.24) is 0 Å². The SMILES string of the molecule is CC(=O)O[C@H]1[C@@H](O)[C@@H]2[C@H]3OCC4=C3[C@@](C)(CC[C@@H]4OC(C)=O)CC[C@]2(C)[C@H]1C(C)C. The minimum absolute atomic E-state index is 0.0152. The van der Waals surface area contributed by atoms with Gasteiger partial charge in [0.2, 0.25) is 0 Å². The predicted octanol–water partition coefficient (Wildman–Crippen LogP) is 3.41. The lowest BCUT2D eigenvalue weighted by molar-refractivity contribution is -0.156. The largest absolute Gasteiger partial charge is 0.459 e. The van der Waals surface area contributed by atoms with Crippen LogP contribution in [0.25, 0.3) is 0 Å². The average molecular weight is 421 g/mol. The quantitative estimate of drug-likeness (QED) is 0.557. The molecular weight excluding hydrogens is 384 g/mol. The van der Waals surface area contributed by atoms with E-state index in [0.29, 0.717) is 6.61 Å². The number of hydrogen-bond donors (Lipinski definition) is 1. The first kappa shape index (κ1) is 21.8. The van der Waals surface area contributed by atoms with E-state index in [1.807, 2.05) is 0 Å². The molecule has 8 atom stereocenters. The molecule has 0 spiro atoms. The van der Waals surface area contributed by atoms with Crippen LogP contribution < -0.4 is 0 Å². The highest BCUT2D eigenvalue weighted by Crippen LogP contribution is 2.64. The molecule has 0 unspecified atom stereocenters. The van der Waals surface area contributed by atoms with Gasteiger partial charge >= 0.3 is 11.9 Å². The summed E-state index contributed by atoms with van der Waals surface area (Å²) in [6.07, 6.45) is 1.94. The molecule has 0 amide bonds. The molecule has 0 radical (unpaired) electrons. The lowest BCUT2D eigenvalue weighted by Crippen LogP contribution is -2.42. The standard InChI is InChI=1S/C24H36O6/c1-12(2)17-22(30-14(4)26)20(27)19-21-18-15(11-28-21)16(29-13(3)25)7-8-23(18,5)9-10-24(17,19)6/h12,16-17,19-22,27H,7-11H2,1-6H3/t16-,17-,19+,20-,21-,22+,23-,24+/m0/s1. The zero-order valence-corrected chi connectivity index (χ0v) is 19.1. The van der Waals surface area contributed by atoms with Gasteiger partial charge in [0.1, 0.15) is 12.2 Å². The smallest absolute Gasteiger partial charge is 0.303 e. The number of esters is 2. The van der Waals surface area contributed by atoms with Crippen molar-refractivity contribution < 1.29 is 28.9 Å². The molecule has 168 valence electrons. The van der Waals surface area contributed by atoms with E-state index in [9.17, 15) is 14.7 Å². The number of fused-ring (bicyclic) bond motifs is 2. The molecule has 2 saturated carbocycles. The van der Waals surface area contributed by atoms with Crippen molar-refractivity contribution in [2.75, 3.05) is 6.61 Å². The molecule has 1 aliphatic heterocycles. The van der Waals surface area contributed by atoms with Crippen molar-refractivity contribution in [2.45, 2.75) is 91.6 Å². The number of ether oxygens (including phenoxy) is 3. The predicted molar refractivity (Wildman–Crippen MR) is 110 cm³/mol. The van der Waals surface area contributed by atoms with Crippen LogP contribution in [0, 0.1) is 28.6 Å². The highest BCUT2D eigenvalue weighted by atomic mass is 16.6. The molecule has 0 aromatic rings. The Bertz CT molecular complexity index is 772. The van der Waals surface area contributed by atoms with E-state index < -0.39 is 12.2 Å². The zero-order chi connectivity index (χ0) is 22.0. The van der Waals surface area contributed by atoms with Gasteiger partial charge < -0.3 is 19.3 Å². The molecule has 4 aliphatic rings. The van der Waals surface area contributed by atoms with Gasteiger partial charge in [0.05, 0.1) is 18.8 Å². The van der Waals surface area contributed by atoms with Gasteiger partial charge in [-0.1, -0.05) is 27.7 Å². The van der Waals surface area contributed by atoms with Gasteiger partial charge in [-0.2, -0.15) is 0 Å². The summed E-state index contributed by atoms with van der Waals surface area (Å²) in [5, 5.41) is 11.5. The van der Waals surface area contributed by atoms with Crippen LogP contribution in [0.3, 0.4) is 0 Å². The Hall–Kier alpha value is -1.40. The fourth-order valence-electron chi connectivity index (χ4n) is 7.44. The molecule has 1 N–H and O–H groups in total. The third kappa shape index (κ3) is 3.13. The summed E-state index contributed by atoms with van der Waals surface area (Å²) >= 11 is 0. The highest BCUT2D eigenvalue weighted by Gasteiger charge is 2.66. The van der Waals surface area contributed by atoms with Crippen LogP contribution in [0.2, 0.25) is 0 Å². The van der Waals surface area contributed by atoms with Gasteiger partial charge in [-0.15, -0.1) is 0 Å². The summed E-state index contributed by atoms with van der Waals surface area (Å²) in [5.41, 5.74) is 2.10. The minimum Gasteiger partial charge on any atom is -0.459 e. The molecule has 0 bridgehead atoms. The Kier molecular flexibility index (Phi) is 5.33. The van der Waals surface area contributed by atoms with Crippen molar-refractivity contribution in [2.24, 2.45) is 28.6 Å². The summed E-state index contributed by atoms with van der Waals surface area (Å²) in [6.45, 7) is 12.2. The van der Waals surface area contributed by atoms with Crippen LogP contribution in [0.5, 0.6) is 0 Å². The lowest BCUT2D eigenvalue weighted by atomic mass is 9.65. The maximum absolute atomic E-state index is 11.9. The second-order valence-electron chi connectivity index (χ2n) is 10.7. The summed E-state index contributed by atoms with van der Waals surface area (Å²) in [4.78, 5) is 23.5. The molecule has 0 aromatic carbocycles. The maximum Gasteiger partial charge on any atom is 0.303 e. The van der Waals surface area contributed by atoms with E-state index in [2.05, 4.69) is 27.7 Å². The van der Waals surface area contributed by atoms with Crippen molar-refractivity contribution in [3.63, 3.8) is 0 Å². The molecule has 30 heavy (non-hydrogen) atoms. The molecule has 1 heterocycles. The number of carbonyl (C=O) groups is 2. The van der Waals surface area contributed by atoms with Gasteiger partial charge in [0, 0.05) is 25.7 Å². The Balaban J connectivity index is 1.80. The van der Waals surface area contributed by atoms with Crippen LogP contribution >= 0.6 is 0 Å². The Morgan fingerprint density at radius 1 is 1.10 bits per heavy atom. The molecule has 0 aromatic heterocycles. The van der Waals surface area contributed by atoms with Crippen LogP contribution in [0.15, 0.2) is 11.1 Å². The number of aliphatic hydroxyl groups is 1. The summed E-state index contributed by atoms with van der Waals surface area (Å²) < 4.78 is 17.7. The van der Waals surface area contributed by atoms with E-state index >= 15 is 0 Å². The van der Waals surface area contributed by atoms with E-state index in [-0.39, 0.29) is 52.7 Å².